The molecule has 1 N–H and O–H groups in total. The molecule has 2 heterocycles. The molecule has 2 aromatic rings. The molecule has 7 heteroatoms. The monoisotopic (exact) mass is 340 g/mol. The van der Waals surface area contributed by atoms with Crippen molar-refractivity contribution in [3.63, 3.8) is 0 Å². The highest BCUT2D eigenvalue weighted by atomic mass is 16.5. The zero-order chi connectivity index (χ0) is 17.6. The highest BCUT2D eigenvalue weighted by molar-refractivity contribution is 6.07. The van der Waals surface area contributed by atoms with Crippen LogP contribution in [0.3, 0.4) is 0 Å². The summed E-state index contributed by atoms with van der Waals surface area (Å²) < 4.78 is 5.19. The van der Waals surface area contributed by atoms with Crippen LogP contribution < -0.4 is 5.32 Å². The van der Waals surface area contributed by atoms with Crippen molar-refractivity contribution in [3.05, 3.63) is 47.1 Å². The number of hydrogen-bond donors (Lipinski definition) is 1. The predicted molar refractivity (Wildman–Crippen MR) is 88.5 cm³/mol. The fourth-order valence-corrected chi connectivity index (χ4v) is 3.66. The number of imide groups is 1. The Labute approximate surface area is 145 Å². The molecule has 4 rings (SSSR count). The first-order valence-electron chi connectivity index (χ1n) is 8.56. The van der Waals surface area contributed by atoms with Crippen LogP contribution in [0.2, 0.25) is 0 Å². The van der Waals surface area contributed by atoms with Crippen molar-refractivity contribution in [2.45, 2.75) is 51.1 Å². The van der Waals surface area contributed by atoms with Crippen molar-refractivity contribution < 1.29 is 14.1 Å². The van der Waals surface area contributed by atoms with Crippen LogP contribution in [0, 0.1) is 0 Å². The maximum absolute atomic E-state index is 13.2. The van der Waals surface area contributed by atoms with E-state index in [9.17, 15) is 9.59 Å². The second kappa shape index (κ2) is 5.68. The van der Waals surface area contributed by atoms with Gasteiger partial charge < -0.3 is 9.84 Å². The summed E-state index contributed by atoms with van der Waals surface area (Å²) in [7, 11) is 0. The Kier molecular flexibility index (Phi) is 3.59. The van der Waals surface area contributed by atoms with Crippen LogP contribution in [-0.2, 0) is 23.3 Å². The molecule has 1 fully saturated rings. The molecule has 130 valence electrons. The summed E-state index contributed by atoms with van der Waals surface area (Å²) in [6.45, 7) is 3.90. The van der Waals surface area contributed by atoms with Crippen LogP contribution in [0.5, 0.6) is 0 Å². The molecule has 0 unspecified atom stereocenters. The maximum atomic E-state index is 13.2. The molecule has 0 saturated carbocycles. The Morgan fingerprint density at radius 3 is 2.88 bits per heavy atom. The molecule has 1 aliphatic carbocycles. The second-order valence-electron chi connectivity index (χ2n) is 6.94. The van der Waals surface area contributed by atoms with Crippen LogP contribution in [0.15, 0.2) is 28.8 Å². The molecule has 0 radical (unpaired) electrons. The van der Waals surface area contributed by atoms with E-state index in [0.29, 0.717) is 12.2 Å². The lowest BCUT2D eigenvalue weighted by Gasteiger charge is -2.33. The molecule has 7 nitrogen and oxygen atoms in total. The van der Waals surface area contributed by atoms with Gasteiger partial charge in [-0.25, -0.2) is 4.79 Å². The lowest BCUT2D eigenvalue weighted by atomic mass is 9.76. The average Bonchev–Trinajstić information content (AvgIpc) is 3.16. The minimum Gasteiger partial charge on any atom is -0.337 e. The minimum absolute atomic E-state index is 0.00565. The average molecular weight is 340 g/mol. The highest BCUT2D eigenvalue weighted by Gasteiger charge is 2.54. The third-order valence-electron chi connectivity index (χ3n) is 4.94. The Bertz CT molecular complexity index is 844. The molecule has 1 atom stereocenters. The van der Waals surface area contributed by atoms with E-state index in [2.05, 4.69) is 15.5 Å². The van der Waals surface area contributed by atoms with Crippen LogP contribution in [0.1, 0.15) is 55.4 Å². The first kappa shape index (κ1) is 15.8. The van der Waals surface area contributed by atoms with E-state index < -0.39 is 11.6 Å². The van der Waals surface area contributed by atoms with Crippen molar-refractivity contribution in [2.24, 2.45) is 0 Å². The van der Waals surface area contributed by atoms with Gasteiger partial charge in [0.15, 0.2) is 5.82 Å². The molecule has 3 amide bonds. The van der Waals surface area contributed by atoms with E-state index in [-0.39, 0.29) is 24.3 Å². The number of carbonyl (C=O) groups is 2. The molecule has 1 aromatic heterocycles. The molecule has 1 saturated heterocycles. The number of benzene rings is 1. The highest BCUT2D eigenvalue weighted by Crippen LogP contribution is 2.40. The Morgan fingerprint density at radius 2 is 2.12 bits per heavy atom. The predicted octanol–water partition coefficient (Wildman–Crippen LogP) is 2.48. The molecular weight excluding hydrogens is 320 g/mol. The number of fused-ring (bicyclic) bond motifs is 2. The van der Waals surface area contributed by atoms with Crippen LogP contribution in [0.25, 0.3) is 0 Å². The molecule has 1 aliphatic heterocycles. The smallest absolute Gasteiger partial charge is 0.325 e. The normalized spacial score (nSPS) is 22.6. The number of carbonyl (C=O) groups excluding carboxylic acids is 2. The van der Waals surface area contributed by atoms with Crippen LogP contribution >= 0.6 is 0 Å². The number of aromatic nitrogens is 2. The van der Waals surface area contributed by atoms with Crippen molar-refractivity contribution in [1.29, 1.82) is 0 Å². The Morgan fingerprint density at radius 1 is 1.32 bits per heavy atom. The molecule has 1 aromatic carbocycles. The van der Waals surface area contributed by atoms with Gasteiger partial charge in [-0.15, -0.1) is 0 Å². The summed E-state index contributed by atoms with van der Waals surface area (Å²) in [5.74, 6) is 0.722. The first-order valence-corrected chi connectivity index (χ1v) is 8.56. The maximum Gasteiger partial charge on any atom is 0.325 e. The third kappa shape index (κ3) is 2.42. The van der Waals surface area contributed by atoms with E-state index in [1.165, 1.54) is 4.90 Å². The van der Waals surface area contributed by atoms with Gasteiger partial charge in [0.1, 0.15) is 12.1 Å². The summed E-state index contributed by atoms with van der Waals surface area (Å²) in [4.78, 5) is 31.1. The van der Waals surface area contributed by atoms with Gasteiger partial charge in [-0.1, -0.05) is 43.3 Å². The van der Waals surface area contributed by atoms with E-state index in [4.69, 9.17) is 4.52 Å². The van der Waals surface area contributed by atoms with Crippen molar-refractivity contribution in [2.75, 3.05) is 0 Å². The van der Waals surface area contributed by atoms with Crippen LogP contribution in [0.4, 0.5) is 4.79 Å². The standard InChI is InChI=1S/C18H20N4O3/c1-11(2)15-19-14(25-21-15)10-22-16(23)18(20-17(22)24)9-5-7-12-6-3-4-8-13(12)18/h3-4,6,8,11H,5,7,9-10H2,1-2H3,(H,20,24)/t18-/m1/s1. The zero-order valence-corrected chi connectivity index (χ0v) is 14.3. The summed E-state index contributed by atoms with van der Waals surface area (Å²) in [6, 6.07) is 7.40. The summed E-state index contributed by atoms with van der Waals surface area (Å²) in [6.07, 6.45) is 2.38. The van der Waals surface area contributed by atoms with Gasteiger partial charge in [0.2, 0.25) is 5.89 Å². The van der Waals surface area contributed by atoms with Gasteiger partial charge in [0, 0.05) is 5.92 Å². The molecule has 0 bridgehead atoms. The molecule has 2 aliphatic rings. The number of urea groups is 1. The largest absolute Gasteiger partial charge is 0.337 e. The number of aryl methyl sites for hydroxylation is 1. The van der Waals surface area contributed by atoms with E-state index in [0.717, 1.165) is 24.0 Å². The fourth-order valence-electron chi connectivity index (χ4n) is 3.66. The molecule has 25 heavy (non-hydrogen) atoms. The third-order valence-corrected chi connectivity index (χ3v) is 4.94. The Hall–Kier alpha value is -2.70. The summed E-state index contributed by atoms with van der Waals surface area (Å²) >= 11 is 0. The fraction of sp³-hybridized carbons (Fsp3) is 0.444. The molecular formula is C18H20N4O3. The van der Waals surface area contributed by atoms with Crippen molar-refractivity contribution in [1.82, 2.24) is 20.4 Å². The number of amides is 3. The topological polar surface area (TPSA) is 88.3 Å². The lowest BCUT2D eigenvalue weighted by Crippen LogP contribution is -2.46. The van der Waals surface area contributed by atoms with E-state index in [1.807, 2.05) is 38.1 Å². The zero-order valence-electron chi connectivity index (χ0n) is 14.3. The van der Waals surface area contributed by atoms with Crippen molar-refractivity contribution in [3.8, 4) is 0 Å². The Balaban J connectivity index is 1.65. The summed E-state index contributed by atoms with van der Waals surface area (Å²) in [5.41, 5.74) is 1.05. The summed E-state index contributed by atoms with van der Waals surface area (Å²) in [5, 5.41) is 6.81. The second-order valence-corrected chi connectivity index (χ2v) is 6.94. The van der Waals surface area contributed by atoms with Gasteiger partial charge in [-0.2, -0.15) is 4.98 Å². The van der Waals surface area contributed by atoms with E-state index in [1.54, 1.807) is 0 Å². The molecule has 1 spiro atoms. The van der Waals surface area contributed by atoms with Gasteiger partial charge in [-0.05, 0) is 30.4 Å². The number of nitrogens with zero attached hydrogens (tertiary/aromatic N) is 3. The van der Waals surface area contributed by atoms with Gasteiger partial charge in [0.25, 0.3) is 5.91 Å². The van der Waals surface area contributed by atoms with E-state index >= 15 is 0 Å². The SMILES string of the molecule is CC(C)c1noc(CN2C(=O)N[C@@]3(CCCc4ccccc43)C2=O)n1. The number of hydrogen-bond acceptors (Lipinski definition) is 5. The van der Waals surface area contributed by atoms with Gasteiger partial charge >= 0.3 is 6.03 Å². The minimum atomic E-state index is -0.965. The van der Waals surface area contributed by atoms with Crippen molar-refractivity contribution >= 4 is 11.9 Å². The van der Waals surface area contributed by atoms with Gasteiger partial charge in [-0.3, -0.25) is 9.69 Å². The van der Waals surface area contributed by atoms with Gasteiger partial charge in [0.05, 0.1) is 0 Å². The lowest BCUT2D eigenvalue weighted by molar-refractivity contribution is -0.132. The quantitative estimate of drug-likeness (QED) is 0.867. The van der Waals surface area contributed by atoms with Crippen LogP contribution in [-0.4, -0.2) is 27.0 Å². The number of rotatable bonds is 3. The first-order chi connectivity index (χ1) is 12.0. The number of nitrogens with one attached hydrogen (secondary N) is 1.